The fraction of sp³-hybridized carbons (Fsp3) is 0.789. The Balaban J connectivity index is 1.58. The monoisotopic (exact) mass is 315 g/mol. The lowest BCUT2D eigenvalue weighted by Gasteiger charge is -2.65. The average Bonchev–Trinajstić information content (AvgIpc) is 2.79. The van der Waals surface area contributed by atoms with E-state index in [0.717, 1.165) is 36.7 Å². The Morgan fingerprint density at radius 2 is 1.91 bits per heavy atom. The molecule has 1 heterocycles. The van der Waals surface area contributed by atoms with E-state index in [9.17, 15) is 4.79 Å². The first-order valence-corrected chi connectivity index (χ1v) is 8.97. The third-order valence-corrected chi connectivity index (χ3v) is 6.57. The van der Waals surface area contributed by atoms with E-state index in [4.69, 9.17) is 0 Å². The lowest BCUT2D eigenvalue weighted by Crippen LogP contribution is -2.59. The maximum atomic E-state index is 13.4. The number of hydrogen-bond acceptors (Lipinski definition) is 2. The van der Waals surface area contributed by atoms with Crippen LogP contribution in [0.3, 0.4) is 0 Å². The van der Waals surface area contributed by atoms with Gasteiger partial charge in [-0.1, -0.05) is 13.8 Å². The largest absolute Gasteiger partial charge is 0.345 e. The van der Waals surface area contributed by atoms with Gasteiger partial charge in [0, 0.05) is 18.9 Å². The molecule has 1 aromatic heterocycles. The summed E-state index contributed by atoms with van der Waals surface area (Å²) >= 11 is 0. The second-order valence-corrected chi connectivity index (χ2v) is 9.58. The standard InChI is InChI=1S/C19H29N3O/c1-13-8-20-15(21-13)9-22(4)16(23)19-7-14-5-17(2,11-19)10-18(3,6-14)12-19/h8,14H,5-7,9-12H2,1-4H3,(H,20,21)/t14?,17-,18-,19?/m0/s1. The molecule has 0 radical (unpaired) electrons. The fourth-order valence-electron chi connectivity index (χ4n) is 6.93. The molecule has 1 amide bonds. The predicted molar refractivity (Wildman–Crippen MR) is 89.6 cm³/mol. The van der Waals surface area contributed by atoms with Gasteiger partial charge in [-0.05, 0) is 62.2 Å². The highest BCUT2D eigenvalue weighted by Crippen LogP contribution is 2.69. The molecule has 0 unspecified atom stereocenters. The molecule has 1 N–H and O–H groups in total. The van der Waals surface area contributed by atoms with Gasteiger partial charge in [-0.2, -0.15) is 0 Å². The Morgan fingerprint density at radius 3 is 2.43 bits per heavy atom. The van der Waals surface area contributed by atoms with Crippen molar-refractivity contribution in [3.05, 3.63) is 17.7 Å². The topological polar surface area (TPSA) is 49.0 Å². The summed E-state index contributed by atoms with van der Waals surface area (Å²) < 4.78 is 0. The molecular formula is C19H29N3O. The van der Waals surface area contributed by atoms with Crippen molar-refractivity contribution in [2.45, 2.75) is 65.8 Å². The van der Waals surface area contributed by atoms with Gasteiger partial charge in [-0.25, -0.2) is 4.98 Å². The number of aromatic nitrogens is 2. The van der Waals surface area contributed by atoms with Crippen LogP contribution in [0.2, 0.25) is 0 Å². The van der Waals surface area contributed by atoms with E-state index in [1.807, 2.05) is 25.1 Å². The molecule has 0 saturated heterocycles. The van der Waals surface area contributed by atoms with Crippen LogP contribution in [0.25, 0.3) is 0 Å². The Morgan fingerprint density at radius 1 is 1.26 bits per heavy atom. The van der Waals surface area contributed by atoms with Crippen LogP contribution in [-0.2, 0) is 11.3 Å². The predicted octanol–water partition coefficient (Wildman–Crippen LogP) is 3.67. The highest BCUT2D eigenvalue weighted by Gasteiger charge is 2.63. The third kappa shape index (κ3) is 2.41. The van der Waals surface area contributed by atoms with Crippen molar-refractivity contribution in [3.63, 3.8) is 0 Å². The van der Waals surface area contributed by atoms with Crippen molar-refractivity contribution in [2.24, 2.45) is 22.2 Å². The summed E-state index contributed by atoms with van der Waals surface area (Å²) in [6.45, 7) is 7.44. The van der Waals surface area contributed by atoms with Gasteiger partial charge >= 0.3 is 0 Å². The summed E-state index contributed by atoms with van der Waals surface area (Å²) in [6.07, 6.45) is 9.10. The molecule has 1 aromatic rings. The van der Waals surface area contributed by atoms with Gasteiger partial charge in [0.25, 0.3) is 0 Å². The van der Waals surface area contributed by atoms with Gasteiger partial charge < -0.3 is 9.88 Å². The van der Waals surface area contributed by atoms with E-state index >= 15 is 0 Å². The van der Waals surface area contributed by atoms with E-state index < -0.39 is 0 Å². The van der Waals surface area contributed by atoms with Crippen LogP contribution in [0.5, 0.6) is 0 Å². The van der Waals surface area contributed by atoms with E-state index in [-0.39, 0.29) is 5.41 Å². The lowest BCUT2D eigenvalue weighted by atomic mass is 9.40. The summed E-state index contributed by atoms with van der Waals surface area (Å²) in [5.74, 6) is 2.00. The number of H-pyrrole nitrogens is 1. The molecule has 2 atom stereocenters. The van der Waals surface area contributed by atoms with E-state index in [2.05, 4.69) is 23.8 Å². The minimum absolute atomic E-state index is 0.112. The van der Waals surface area contributed by atoms with Gasteiger partial charge in [0.2, 0.25) is 5.91 Å². The second-order valence-electron chi connectivity index (χ2n) is 9.58. The smallest absolute Gasteiger partial charge is 0.228 e. The SMILES string of the molecule is Cc1cnc(CN(C)C(=O)C23CC4C[C@](C)(C2)C[C@](C)(C4)C3)[nH]1. The van der Waals surface area contributed by atoms with Crippen molar-refractivity contribution in [2.75, 3.05) is 7.05 Å². The first kappa shape index (κ1) is 15.2. The molecule has 0 aliphatic heterocycles. The van der Waals surface area contributed by atoms with Crippen LogP contribution in [0.15, 0.2) is 6.20 Å². The molecule has 4 heteroatoms. The van der Waals surface area contributed by atoms with Gasteiger partial charge in [-0.3, -0.25) is 4.79 Å². The number of nitrogens with zero attached hydrogens (tertiary/aromatic N) is 2. The zero-order valence-electron chi connectivity index (χ0n) is 14.9. The zero-order valence-corrected chi connectivity index (χ0v) is 14.9. The van der Waals surface area contributed by atoms with E-state index in [1.165, 1.54) is 19.3 Å². The van der Waals surface area contributed by atoms with Crippen molar-refractivity contribution < 1.29 is 4.79 Å². The molecule has 0 aromatic carbocycles. The fourth-order valence-corrected chi connectivity index (χ4v) is 6.93. The number of hydrogen-bond donors (Lipinski definition) is 1. The first-order valence-electron chi connectivity index (χ1n) is 8.97. The van der Waals surface area contributed by atoms with Crippen LogP contribution < -0.4 is 0 Å². The summed E-state index contributed by atoms with van der Waals surface area (Å²) in [4.78, 5) is 22.9. The van der Waals surface area contributed by atoms with Gasteiger partial charge in [0.1, 0.15) is 5.82 Å². The van der Waals surface area contributed by atoms with Crippen molar-refractivity contribution in [1.82, 2.24) is 14.9 Å². The number of carbonyl (C=O) groups is 1. The molecular weight excluding hydrogens is 286 g/mol. The van der Waals surface area contributed by atoms with Gasteiger partial charge in [0.05, 0.1) is 12.0 Å². The van der Waals surface area contributed by atoms with Crippen molar-refractivity contribution in [1.29, 1.82) is 0 Å². The number of aromatic amines is 1. The molecule has 4 aliphatic rings. The number of carbonyl (C=O) groups excluding carboxylic acids is 1. The molecule has 4 bridgehead atoms. The zero-order chi connectivity index (χ0) is 16.5. The summed E-state index contributed by atoms with van der Waals surface area (Å²) in [5, 5.41) is 0. The first-order chi connectivity index (χ1) is 10.7. The molecule has 23 heavy (non-hydrogen) atoms. The highest BCUT2D eigenvalue weighted by atomic mass is 16.2. The van der Waals surface area contributed by atoms with Crippen LogP contribution >= 0.6 is 0 Å². The maximum Gasteiger partial charge on any atom is 0.228 e. The summed E-state index contributed by atoms with van der Waals surface area (Å²) in [7, 11) is 1.95. The Bertz CT molecular complexity index is 631. The number of aryl methyl sites for hydroxylation is 1. The molecule has 4 aliphatic carbocycles. The lowest BCUT2D eigenvalue weighted by molar-refractivity contribution is -0.178. The minimum Gasteiger partial charge on any atom is -0.345 e. The molecule has 126 valence electrons. The van der Waals surface area contributed by atoms with Crippen LogP contribution in [-0.4, -0.2) is 27.8 Å². The van der Waals surface area contributed by atoms with Gasteiger partial charge in [-0.15, -0.1) is 0 Å². The van der Waals surface area contributed by atoms with Crippen LogP contribution in [0.1, 0.15) is 63.9 Å². The summed E-state index contributed by atoms with van der Waals surface area (Å²) in [6, 6.07) is 0. The Labute approximate surface area is 139 Å². The van der Waals surface area contributed by atoms with Crippen LogP contribution in [0, 0.1) is 29.1 Å². The van der Waals surface area contributed by atoms with Crippen molar-refractivity contribution >= 4 is 5.91 Å². The van der Waals surface area contributed by atoms with E-state index in [0.29, 0.717) is 23.3 Å². The van der Waals surface area contributed by atoms with Crippen molar-refractivity contribution in [3.8, 4) is 0 Å². The number of amides is 1. The third-order valence-electron chi connectivity index (χ3n) is 6.57. The minimum atomic E-state index is -0.112. The molecule has 0 spiro atoms. The second kappa shape index (κ2) is 4.61. The average molecular weight is 315 g/mol. The van der Waals surface area contributed by atoms with Gasteiger partial charge in [0.15, 0.2) is 0 Å². The van der Waals surface area contributed by atoms with Crippen LogP contribution in [0.4, 0.5) is 0 Å². The number of nitrogens with one attached hydrogen (secondary N) is 1. The Hall–Kier alpha value is -1.32. The molecule has 5 rings (SSSR count). The summed E-state index contributed by atoms with van der Waals surface area (Å²) in [5.41, 5.74) is 1.70. The Kier molecular flexibility index (Phi) is 3.05. The molecule has 4 saturated carbocycles. The normalized spacial score (nSPS) is 41.3. The number of imidazole rings is 1. The maximum absolute atomic E-state index is 13.4. The highest BCUT2D eigenvalue weighted by molar-refractivity contribution is 5.83. The quantitative estimate of drug-likeness (QED) is 0.925. The molecule has 4 fully saturated rings. The number of rotatable bonds is 3. The molecule has 4 nitrogen and oxygen atoms in total. The van der Waals surface area contributed by atoms with E-state index in [1.54, 1.807) is 0 Å².